The minimum absolute atomic E-state index is 0.0798. The Labute approximate surface area is 241 Å². The standard InChI is InChI=1S/C27H50N4O10/c1-4-7-18(33)24(36)31-17-12-16(29)21(40-25-15(28)10-9-14(39-25)8-5-6-11-32)19(34)22(17)41-26-20(35)23(30-3)27(2,37)13-38-26/h9,15-23,25-26,30,32-35,37H,4-8,10-13,28-29H2,1-3H3,(H,31,36). The number of rotatable bonds is 13. The van der Waals surface area contributed by atoms with Crippen LogP contribution in [0, 0.1) is 0 Å². The fraction of sp³-hybridized carbons (Fsp3) is 0.889. The largest absolute Gasteiger partial charge is 0.468 e. The van der Waals surface area contributed by atoms with Crippen LogP contribution in [0.4, 0.5) is 0 Å². The highest BCUT2D eigenvalue weighted by molar-refractivity contribution is 5.80. The van der Waals surface area contributed by atoms with E-state index in [9.17, 15) is 25.2 Å². The van der Waals surface area contributed by atoms with E-state index >= 15 is 0 Å². The highest BCUT2D eigenvalue weighted by atomic mass is 16.7. The molecule has 3 rings (SSSR count). The number of amides is 1. The monoisotopic (exact) mass is 590 g/mol. The SMILES string of the molecule is CCCC(O)C(=O)NC1CC(N)C(OC2OC(CCCCO)=CCC2N)C(O)C1OC1OCC(C)(O)C(NC)C1O. The van der Waals surface area contributed by atoms with E-state index < -0.39 is 78.8 Å². The van der Waals surface area contributed by atoms with E-state index in [0.29, 0.717) is 31.4 Å². The number of hydrogen-bond donors (Lipinski definition) is 9. The predicted octanol–water partition coefficient (Wildman–Crippen LogP) is -2.33. The third-order valence-corrected chi connectivity index (χ3v) is 8.00. The third-order valence-electron chi connectivity index (χ3n) is 8.00. The van der Waals surface area contributed by atoms with Gasteiger partial charge in [-0.2, -0.15) is 0 Å². The van der Waals surface area contributed by atoms with E-state index in [4.69, 9.17) is 35.5 Å². The van der Waals surface area contributed by atoms with Gasteiger partial charge >= 0.3 is 0 Å². The van der Waals surface area contributed by atoms with Crippen LogP contribution in [0.15, 0.2) is 11.8 Å². The Hall–Kier alpha value is -1.43. The van der Waals surface area contributed by atoms with Gasteiger partial charge in [-0.15, -0.1) is 0 Å². The summed E-state index contributed by atoms with van der Waals surface area (Å²) in [5, 5.41) is 58.0. The summed E-state index contributed by atoms with van der Waals surface area (Å²) in [5.41, 5.74) is 11.3. The quantitative estimate of drug-likeness (QED) is 0.103. The number of unbranched alkanes of at least 4 members (excludes halogenated alkanes) is 1. The molecule has 2 aliphatic heterocycles. The number of carbonyl (C=O) groups excluding carboxylic acids is 1. The number of aliphatic hydroxyl groups excluding tert-OH is 4. The Balaban J connectivity index is 1.79. The Bertz CT molecular complexity index is 864. The van der Waals surface area contributed by atoms with Gasteiger partial charge in [0.2, 0.25) is 12.2 Å². The molecule has 1 saturated heterocycles. The lowest BCUT2D eigenvalue weighted by atomic mass is 9.83. The molecule has 41 heavy (non-hydrogen) atoms. The molecule has 0 bridgehead atoms. The van der Waals surface area contributed by atoms with Crippen molar-refractivity contribution in [2.45, 2.75) is 132 Å². The molecule has 238 valence electrons. The molecule has 0 radical (unpaired) electrons. The number of ether oxygens (including phenoxy) is 4. The molecule has 11 N–H and O–H groups in total. The first-order valence-corrected chi connectivity index (χ1v) is 14.6. The van der Waals surface area contributed by atoms with Crippen LogP contribution in [0.5, 0.6) is 0 Å². The number of likely N-dealkylation sites (N-methyl/N-ethyl adjacent to an activating group) is 1. The lowest BCUT2D eigenvalue weighted by Gasteiger charge is -2.49. The average Bonchev–Trinajstić information content (AvgIpc) is 2.91. The molecule has 3 aliphatic rings. The number of nitrogens with one attached hydrogen (secondary N) is 2. The number of allylic oxidation sites excluding steroid dienone is 1. The zero-order chi connectivity index (χ0) is 30.3. The van der Waals surface area contributed by atoms with E-state index in [1.807, 2.05) is 13.0 Å². The summed E-state index contributed by atoms with van der Waals surface area (Å²) in [6.45, 7) is 3.27. The van der Waals surface area contributed by atoms with Crippen LogP contribution < -0.4 is 22.1 Å². The van der Waals surface area contributed by atoms with Crippen LogP contribution in [0.25, 0.3) is 0 Å². The summed E-state index contributed by atoms with van der Waals surface area (Å²) in [4.78, 5) is 12.7. The van der Waals surface area contributed by atoms with Gasteiger partial charge in [0.1, 0.15) is 36.1 Å². The van der Waals surface area contributed by atoms with Crippen molar-refractivity contribution < 1.29 is 49.3 Å². The van der Waals surface area contributed by atoms with Gasteiger partial charge in [0.15, 0.2) is 6.29 Å². The molecular formula is C27H50N4O10. The van der Waals surface area contributed by atoms with E-state index in [1.165, 1.54) is 6.92 Å². The van der Waals surface area contributed by atoms with Crippen LogP contribution in [0.3, 0.4) is 0 Å². The summed E-state index contributed by atoms with van der Waals surface area (Å²) in [6.07, 6.45) is -3.11. The smallest absolute Gasteiger partial charge is 0.249 e. The van der Waals surface area contributed by atoms with Gasteiger partial charge in [0, 0.05) is 19.1 Å². The summed E-state index contributed by atoms with van der Waals surface area (Å²) in [5.74, 6) is 0.0384. The number of carbonyl (C=O) groups is 1. The van der Waals surface area contributed by atoms with Gasteiger partial charge < -0.3 is 66.6 Å². The third kappa shape index (κ3) is 8.57. The Morgan fingerprint density at radius 3 is 2.54 bits per heavy atom. The van der Waals surface area contributed by atoms with E-state index in [0.717, 1.165) is 6.42 Å². The van der Waals surface area contributed by atoms with Crippen LogP contribution in [-0.4, -0.2) is 125 Å². The maximum absolute atomic E-state index is 12.7. The van der Waals surface area contributed by atoms with Crippen LogP contribution >= 0.6 is 0 Å². The van der Waals surface area contributed by atoms with Crippen molar-refractivity contribution in [3.05, 3.63) is 11.8 Å². The number of hydrogen-bond acceptors (Lipinski definition) is 13. The highest BCUT2D eigenvalue weighted by Gasteiger charge is 2.51. The Morgan fingerprint density at radius 1 is 1.17 bits per heavy atom. The summed E-state index contributed by atoms with van der Waals surface area (Å²) in [6, 6.07) is -2.97. The van der Waals surface area contributed by atoms with E-state index in [1.54, 1.807) is 7.05 Å². The van der Waals surface area contributed by atoms with Gasteiger partial charge in [0.25, 0.3) is 0 Å². The van der Waals surface area contributed by atoms with Crippen molar-refractivity contribution in [1.29, 1.82) is 0 Å². The van der Waals surface area contributed by atoms with Gasteiger partial charge in [0.05, 0.1) is 30.5 Å². The summed E-state index contributed by atoms with van der Waals surface area (Å²) >= 11 is 0. The molecule has 14 heteroatoms. The Kier molecular flexibility index (Phi) is 12.7. The summed E-state index contributed by atoms with van der Waals surface area (Å²) < 4.78 is 23.9. The number of aliphatic hydroxyl groups is 5. The van der Waals surface area contributed by atoms with Crippen molar-refractivity contribution in [3.8, 4) is 0 Å². The molecule has 12 unspecified atom stereocenters. The molecule has 1 amide bonds. The molecule has 1 saturated carbocycles. The first-order chi connectivity index (χ1) is 19.4. The average molecular weight is 591 g/mol. The number of nitrogens with two attached hydrogens (primary N) is 2. The molecule has 0 aromatic rings. The zero-order valence-electron chi connectivity index (χ0n) is 24.2. The van der Waals surface area contributed by atoms with Crippen molar-refractivity contribution in [2.75, 3.05) is 20.3 Å². The Morgan fingerprint density at radius 2 is 1.88 bits per heavy atom. The normalized spacial score (nSPS) is 40.4. The van der Waals surface area contributed by atoms with Crippen molar-refractivity contribution in [2.24, 2.45) is 11.5 Å². The van der Waals surface area contributed by atoms with Gasteiger partial charge in [-0.05, 0) is 52.2 Å². The highest BCUT2D eigenvalue weighted by Crippen LogP contribution is 2.32. The molecule has 12 atom stereocenters. The second-order valence-electron chi connectivity index (χ2n) is 11.5. The van der Waals surface area contributed by atoms with Crippen molar-refractivity contribution in [1.82, 2.24) is 10.6 Å². The summed E-state index contributed by atoms with van der Waals surface area (Å²) in [7, 11) is 1.58. The van der Waals surface area contributed by atoms with Crippen LogP contribution in [0.2, 0.25) is 0 Å². The second-order valence-corrected chi connectivity index (χ2v) is 11.5. The molecule has 2 heterocycles. The van der Waals surface area contributed by atoms with Gasteiger partial charge in [-0.3, -0.25) is 4.79 Å². The molecule has 1 aliphatic carbocycles. The molecule has 2 fully saturated rings. The lowest BCUT2D eigenvalue weighted by Crippen LogP contribution is -2.69. The maximum atomic E-state index is 12.7. The first kappa shape index (κ1) is 34.1. The van der Waals surface area contributed by atoms with Crippen LogP contribution in [0.1, 0.15) is 58.8 Å². The topological polar surface area (TPSA) is 231 Å². The van der Waals surface area contributed by atoms with E-state index in [-0.39, 0.29) is 26.1 Å². The molecular weight excluding hydrogens is 540 g/mol. The predicted molar refractivity (Wildman–Crippen MR) is 147 cm³/mol. The van der Waals surface area contributed by atoms with E-state index in [2.05, 4.69) is 10.6 Å². The minimum atomic E-state index is -1.42. The molecule has 14 nitrogen and oxygen atoms in total. The lowest BCUT2D eigenvalue weighted by molar-refractivity contribution is -0.304. The van der Waals surface area contributed by atoms with Gasteiger partial charge in [-0.1, -0.05) is 13.3 Å². The maximum Gasteiger partial charge on any atom is 0.249 e. The first-order valence-electron chi connectivity index (χ1n) is 14.6. The fourth-order valence-corrected chi connectivity index (χ4v) is 5.66. The molecule has 0 aromatic heterocycles. The fourth-order valence-electron chi connectivity index (χ4n) is 5.66. The molecule has 0 spiro atoms. The van der Waals surface area contributed by atoms with Crippen LogP contribution in [-0.2, 0) is 23.7 Å². The molecule has 0 aromatic carbocycles. The van der Waals surface area contributed by atoms with Crippen molar-refractivity contribution >= 4 is 5.91 Å². The second kappa shape index (κ2) is 15.3. The minimum Gasteiger partial charge on any atom is -0.468 e. The van der Waals surface area contributed by atoms with Crippen molar-refractivity contribution in [3.63, 3.8) is 0 Å². The van der Waals surface area contributed by atoms with Gasteiger partial charge in [-0.25, -0.2) is 0 Å². The zero-order valence-corrected chi connectivity index (χ0v) is 24.2.